The number of amides is 1. The number of aromatic nitrogens is 2. The van der Waals surface area contributed by atoms with E-state index in [0.29, 0.717) is 24.5 Å². The molecular formula is C20H21F2N3O4S. The minimum absolute atomic E-state index is 0.0442. The average molecular weight is 437 g/mol. The summed E-state index contributed by atoms with van der Waals surface area (Å²) in [6.45, 7) is -2.64. The van der Waals surface area contributed by atoms with E-state index in [1.165, 1.54) is 24.9 Å². The van der Waals surface area contributed by atoms with E-state index in [2.05, 4.69) is 15.0 Å². The van der Waals surface area contributed by atoms with Crippen molar-refractivity contribution >= 4 is 17.7 Å². The van der Waals surface area contributed by atoms with Gasteiger partial charge < -0.3 is 23.8 Å². The molecule has 0 spiro atoms. The van der Waals surface area contributed by atoms with Crippen LogP contribution in [-0.4, -0.2) is 35.7 Å². The van der Waals surface area contributed by atoms with Gasteiger partial charge in [0.05, 0.1) is 12.9 Å². The number of alkyl halides is 2. The van der Waals surface area contributed by atoms with Crippen LogP contribution in [0.15, 0.2) is 52.3 Å². The Labute approximate surface area is 176 Å². The lowest BCUT2D eigenvalue weighted by atomic mass is 10.1. The van der Waals surface area contributed by atoms with Crippen LogP contribution < -0.4 is 14.8 Å². The Kier molecular flexibility index (Phi) is 7.34. The maximum Gasteiger partial charge on any atom is 0.387 e. The molecule has 1 N–H and O–H groups in total. The molecule has 0 radical (unpaired) electrons. The molecule has 0 saturated heterocycles. The Balaban J connectivity index is 1.50. The third-order valence-corrected chi connectivity index (χ3v) is 5.23. The minimum Gasteiger partial charge on any atom is -0.493 e. The molecule has 2 heterocycles. The van der Waals surface area contributed by atoms with Gasteiger partial charge in [-0.05, 0) is 36.2 Å². The molecule has 1 amide bonds. The first-order valence-corrected chi connectivity index (χ1v) is 10.0. The minimum atomic E-state index is -2.95. The van der Waals surface area contributed by atoms with Gasteiger partial charge >= 0.3 is 6.61 Å². The molecule has 0 atom stereocenters. The maximum atomic E-state index is 12.5. The number of carbonyl (C=O) groups is 1. The summed E-state index contributed by atoms with van der Waals surface area (Å²) < 4.78 is 42.0. The van der Waals surface area contributed by atoms with E-state index in [-0.39, 0.29) is 23.2 Å². The monoisotopic (exact) mass is 437 g/mol. The lowest BCUT2D eigenvalue weighted by Gasteiger charge is -2.11. The molecule has 0 aliphatic heterocycles. The molecule has 0 aliphatic carbocycles. The number of imidazole rings is 1. The molecule has 2 aromatic heterocycles. The summed E-state index contributed by atoms with van der Waals surface area (Å²) in [5.41, 5.74) is 0.721. The molecule has 3 rings (SSSR count). The van der Waals surface area contributed by atoms with Gasteiger partial charge in [-0.3, -0.25) is 4.79 Å². The van der Waals surface area contributed by atoms with Gasteiger partial charge in [-0.1, -0.05) is 17.8 Å². The molecule has 160 valence electrons. The van der Waals surface area contributed by atoms with Crippen LogP contribution in [-0.2, 0) is 19.2 Å². The van der Waals surface area contributed by atoms with E-state index in [1.807, 2.05) is 17.8 Å². The standard InChI is InChI=1S/C20H21F2N3O4S/c1-25-10-9-24-20(25)30-12-14-4-6-16(28-14)18(26)23-8-7-13-3-5-15(27-2)17(11-13)29-19(21)22/h3-6,9-11,19H,7-8,12H2,1-2H3,(H,23,26). The fourth-order valence-corrected chi connectivity index (χ4v) is 3.50. The van der Waals surface area contributed by atoms with Crippen molar-refractivity contribution in [1.29, 1.82) is 0 Å². The number of thioether (sulfide) groups is 1. The molecule has 30 heavy (non-hydrogen) atoms. The Hall–Kier alpha value is -3.01. The highest BCUT2D eigenvalue weighted by Crippen LogP contribution is 2.29. The van der Waals surface area contributed by atoms with Crippen molar-refractivity contribution in [2.45, 2.75) is 23.9 Å². The zero-order chi connectivity index (χ0) is 21.5. The van der Waals surface area contributed by atoms with E-state index in [9.17, 15) is 13.6 Å². The second kappa shape index (κ2) is 10.1. The fraction of sp³-hybridized carbons (Fsp3) is 0.300. The summed E-state index contributed by atoms with van der Waals surface area (Å²) in [6.07, 6.45) is 4.00. The van der Waals surface area contributed by atoms with E-state index < -0.39 is 6.61 Å². The van der Waals surface area contributed by atoms with Crippen LogP contribution in [0.1, 0.15) is 21.9 Å². The normalized spacial score (nSPS) is 11.0. The topological polar surface area (TPSA) is 78.5 Å². The number of carbonyl (C=O) groups excluding carboxylic acids is 1. The highest BCUT2D eigenvalue weighted by molar-refractivity contribution is 7.98. The van der Waals surface area contributed by atoms with Gasteiger partial charge in [0.25, 0.3) is 5.91 Å². The fourth-order valence-electron chi connectivity index (χ4n) is 2.68. The molecule has 3 aromatic rings. The number of benzene rings is 1. The maximum absolute atomic E-state index is 12.5. The molecule has 7 nitrogen and oxygen atoms in total. The van der Waals surface area contributed by atoms with Crippen molar-refractivity contribution in [2.75, 3.05) is 13.7 Å². The van der Waals surface area contributed by atoms with Crippen molar-refractivity contribution < 1.29 is 27.5 Å². The number of rotatable bonds is 10. The molecule has 0 fully saturated rings. The second-order valence-electron chi connectivity index (χ2n) is 6.24. The quantitative estimate of drug-likeness (QED) is 0.485. The first-order valence-electron chi connectivity index (χ1n) is 9.05. The summed E-state index contributed by atoms with van der Waals surface area (Å²) in [5.74, 6) is 1.25. The van der Waals surface area contributed by atoms with E-state index in [1.54, 1.807) is 30.5 Å². The first kappa shape index (κ1) is 21.7. The van der Waals surface area contributed by atoms with Crippen LogP contribution >= 0.6 is 11.8 Å². The van der Waals surface area contributed by atoms with Crippen LogP contribution in [0.5, 0.6) is 11.5 Å². The van der Waals surface area contributed by atoms with Crippen molar-refractivity contribution in [3.8, 4) is 11.5 Å². The average Bonchev–Trinajstić information content (AvgIpc) is 3.35. The smallest absolute Gasteiger partial charge is 0.387 e. The summed E-state index contributed by atoms with van der Waals surface area (Å²) in [5, 5.41) is 3.61. The third kappa shape index (κ3) is 5.76. The Morgan fingerprint density at radius 1 is 1.30 bits per heavy atom. The molecule has 1 aromatic carbocycles. The van der Waals surface area contributed by atoms with Crippen LogP contribution in [0, 0.1) is 0 Å². The third-order valence-electron chi connectivity index (χ3n) is 4.15. The molecule has 0 saturated carbocycles. The summed E-state index contributed by atoms with van der Waals surface area (Å²) in [7, 11) is 3.28. The van der Waals surface area contributed by atoms with Crippen molar-refractivity contribution in [3.05, 3.63) is 59.8 Å². The molecular weight excluding hydrogens is 416 g/mol. The van der Waals surface area contributed by atoms with Gasteiger partial charge in [0, 0.05) is 26.0 Å². The number of hydrogen-bond donors (Lipinski definition) is 1. The van der Waals surface area contributed by atoms with Crippen molar-refractivity contribution in [1.82, 2.24) is 14.9 Å². The molecule has 0 bridgehead atoms. The van der Waals surface area contributed by atoms with Crippen molar-refractivity contribution in [2.24, 2.45) is 7.05 Å². The summed E-state index contributed by atoms with van der Waals surface area (Å²) in [6, 6.07) is 8.11. The number of aryl methyl sites for hydroxylation is 1. The highest BCUT2D eigenvalue weighted by Gasteiger charge is 2.13. The number of methoxy groups -OCH3 is 1. The number of nitrogens with zero attached hydrogens (tertiary/aromatic N) is 2. The lowest BCUT2D eigenvalue weighted by molar-refractivity contribution is -0.0512. The molecule has 0 unspecified atom stereocenters. The van der Waals surface area contributed by atoms with Gasteiger partial charge in [-0.2, -0.15) is 8.78 Å². The first-order chi connectivity index (χ1) is 14.5. The van der Waals surface area contributed by atoms with E-state index >= 15 is 0 Å². The predicted octanol–water partition coefficient (Wildman–Crippen LogP) is 3.89. The number of hydrogen-bond acceptors (Lipinski definition) is 6. The van der Waals surface area contributed by atoms with E-state index in [4.69, 9.17) is 9.15 Å². The summed E-state index contributed by atoms with van der Waals surface area (Å²) >= 11 is 1.51. The Bertz CT molecular complexity index is 990. The number of ether oxygens (including phenoxy) is 2. The van der Waals surface area contributed by atoms with Gasteiger partial charge in [0.15, 0.2) is 22.4 Å². The van der Waals surface area contributed by atoms with Crippen LogP contribution in [0.25, 0.3) is 0 Å². The predicted molar refractivity (Wildman–Crippen MR) is 107 cm³/mol. The molecule has 0 aliphatic rings. The van der Waals surface area contributed by atoms with Gasteiger partial charge in [0.1, 0.15) is 5.76 Å². The summed E-state index contributed by atoms with van der Waals surface area (Å²) in [4.78, 5) is 16.5. The van der Waals surface area contributed by atoms with Gasteiger partial charge in [0.2, 0.25) is 0 Å². The van der Waals surface area contributed by atoms with Crippen LogP contribution in [0.2, 0.25) is 0 Å². The largest absolute Gasteiger partial charge is 0.493 e. The van der Waals surface area contributed by atoms with Crippen LogP contribution in [0.4, 0.5) is 8.78 Å². The SMILES string of the molecule is COc1ccc(CCNC(=O)c2ccc(CSc3nccn3C)o2)cc1OC(F)F. The van der Waals surface area contributed by atoms with Gasteiger partial charge in [-0.25, -0.2) is 4.98 Å². The number of furan rings is 1. The van der Waals surface area contributed by atoms with Crippen molar-refractivity contribution in [3.63, 3.8) is 0 Å². The zero-order valence-electron chi connectivity index (χ0n) is 16.4. The zero-order valence-corrected chi connectivity index (χ0v) is 17.2. The molecule has 10 heteroatoms. The second-order valence-corrected chi connectivity index (χ2v) is 7.19. The van der Waals surface area contributed by atoms with Gasteiger partial charge in [-0.15, -0.1) is 0 Å². The Morgan fingerprint density at radius 3 is 2.83 bits per heavy atom. The number of nitrogens with one attached hydrogen (secondary N) is 1. The van der Waals surface area contributed by atoms with Crippen LogP contribution in [0.3, 0.4) is 0 Å². The Morgan fingerprint density at radius 2 is 2.13 bits per heavy atom. The number of halogens is 2. The highest BCUT2D eigenvalue weighted by atomic mass is 32.2. The van der Waals surface area contributed by atoms with E-state index in [0.717, 1.165) is 10.7 Å². The lowest BCUT2D eigenvalue weighted by Crippen LogP contribution is -2.25.